The third-order valence-corrected chi connectivity index (χ3v) is 3.02. The number of allylic oxidation sites excluding steroid dienone is 1. The molecule has 0 aromatic heterocycles. The Morgan fingerprint density at radius 3 is 2.25 bits per heavy atom. The van der Waals surface area contributed by atoms with E-state index in [1.807, 2.05) is 6.92 Å². The van der Waals surface area contributed by atoms with Crippen LogP contribution in [0.5, 0.6) is 0 Å². The molecule has 0 spiro atoms. The quantitative estimate of drug-likeness (QED) is 0.875. The van der Waals surface area contributed by atoms with Crippen molar-refractivity contribution >= 4 is 10.8 Å². The molecule has 16 heavy (non-hydrogen) atoms. The van der Waals surface area contributed by atoms with E-state index in [0.29, 0.717) is 5.41 Å². The smallest absolute Gasteiger partial charge is 0.394 e. The zero-order valence-electron chi connectivity index (χ0n) is 8.41. The van der Waals surface area contributed by atoms with E-state index in [0.717, 1.165) is 5.56 Å². The van der Waals surface area contributed by atoms with Crippen LogP contribution in [0.1, 0.15) is 5.56 Å². The van der Waals surface area contributed by atoms with Crippen molar-refractivity contribution in [1.82, 2.24) is 0 Å². The predicted octanol–water partition coefficient (Wildman–Crippen LogP) is 2.47. The molecule has 0 radical (unpaired) electrons. The van der Waals surface area contributed by atoms with E-state index in [4.69, 9.17) is 5.73 Å². The Bertz CT molecular complexity index is 423. The summed E-state index contributed by atoms with van der Waals surface area (Å²) < 4.78 is 47.7. The molecular formula is C10H10F3NOS. The van der Waals surface area contributed by atoms with E-state index in [-0.39, 0.29) is 4.90 Å². The second kappa shape index (κ2) is 4.69. The second-order valence-corrected chi connectivity index (χ2v) is 4.48. The zero-order chi connectivity index (χ0) is 12.3. The summed E-state index contributed by atoms with van der Waals surface area (Å²) in [6.07, 6.45) is -4.64. The van der Waals surface area contributed by atoms with Crippen LogP contribution < -0.4 is 5.73 Å². The van der Waals surface area contributed by atoms with Gasteiger partial charge in [-0.15, -0.1) is 0 Å². The summed E-state index contributed by atoms with van der Waals surface area (Å²) in [7, 11) is -1.88. The fourth-order valence-corrected chi connectivity index (χ4v) is 1.83. The van der Waals surface area contributed by atoms with Crippen LogP contribution in [-0.4, -0.2) is 10.4 Å². The van der Waals surface area contributed by atoms with E-state index < -0.39 is 22.7 Å². The minimum atomic E-state index is -4.64. The summed E-state index contributed by atoms with van der Waals surface area (Å²) in [6.45, 7) is 1.83. The van der Waals surface area contributed by atoms with E-state index in [2.05, 4.69) is 0 Å². The Morgan fingerprint density at radius 1 is 1.31 bits per heavy atom. The van der Waals surface area contributed by atoms with Crippen molar-refractivity contribution in [2.24, 2.45) is 5.73 Å². The van der Waals surface area contributed by atoms with Gasteiger partial charge in [0.15, 0.2) is 0 Å². The Labute approximate surface area is 93.4 Å². The Kier molecular flexibility index (Phi) is 3.74. The number of hydrogen-bond acceptors (Lipinski definition) is 2. The van der Waals surface area contributed by atoms with Gasteiger partial charge in [0.1, 0.15) is 5.70 Å². The first-order valence-electron chi connectivity index (χ1n) is 4.32. The number of aryl methyl sites for hydroxylation is 1. The molecule has 6 heteroatoms. The Hall–Kier alpha value is -1.30. The lowest BCUT2D eigenvalue weighted by atomic mass is 10.2. The van der Waals surface area contributed by atoms with E-state index in [9.17, 15) is 17.4 Å². The molecule has 0 fully saturated rings. The molecule has 88 valence electrons. The molecular weight excluding hydrogens is 239 g/mol. The molecule has 0 heterocycles. The normalized spacial score (nSPS) is 14.9. The molecule has 0 aliphatic heterocycles. The minimum absolute atomic E-state index is 0.290. The Morgan fingerprint density at radius 2 is 1.81 bits per heavy atom. The topological polar surface area (TPSA) is 43.1 Å². The third-order valence-electron chi connectivity index (χ3n) is 1.81. The maximum absolute atomic E-state index is 12.1. The fraction of sp³-hybridized carbons (Fsp3) is 0.200. The van der Waals surface area contributed by atoms with Crippen molar-refractivity contribution in [2.75, 3.05) is 0 Å². The lowest BCUT2D eigenvalue weighted by molar-refractivity contribution is -0.0924. The summed E-state index contributed by atoms with van der Waals surface area (Å²) in [4.78, 5) is 0.290. The minimum Gasteiger partial charge on any atom is -0.394 e. The van der Waals surface area contributed by atoms with Gasteiger partial charge in [-0.05, 0) is 19.1 Å². The lowest BCUT2D eigenvalue weighted by Gasteiger charge is -2.05. The molecule has 1 atom stereocenters. The monoisotopic (exact) mass is 249 g/mol. The molecule has 1 rings (SSSR count). The summed E-state index contributed by atoms with van der Waals surface area (Å²) in [6, 6.07) is 6.35. The highest BCUT2D eigenvalue weighted by atomic mass is 32.2. The highest BCUT2D eigenvalue weighted by molar-refractivity contribution is 7.88. The molecule has 0 amide bonds. The molecule has 0 saturated carbocycles. The molecule has 1 unspecified atom stereocenters. The summed E-state index contributed by atoms with van der Waals surface area (Å²) >= 11 is 0. The number of halogens is 3. The molecule has 1 aromatic carbocycles. The summed E-state index contributed by atoms with van der Waals surface area (Å²) in [5, 5.41) is 0.505. The van der Waals surface area contributed by atoms with Crippen LogP contribution in [0.15, 0.2) is 40.3 Å². The van der Waals surface area contributed by atoms with Crippen LogP contribution in [0.2, 0.25) is 0 Å². The average Bonchev–Trinajstić information content (AvgIpc) is 2.17. The maximum Gasteiger partial charge on any atom is 0.431 e. The van der Waals surface area contributed by atoms with E-state index >= 15 is 0 Å². The molecule has 0 aliphatic carbocycles. The Balaban J connectivity index is 2.92. The van der Waals surface area contributed by atoms with Crippen molar-refractivity contribution in [3.05, 3.63) is 40.9 Å². The molecule has 1 aromatic rings. The summed E-state index contributed by atoms with van der Waals surface area (Å²) in [5.74, 6) is 0. The van der Waals surface area contributed by atoms with Gasteiger partial charge in [0.05, 0.1) is 10.8 Å². The van der Waals surface area contributed by atoms with Crippen LogP contribution in [0.3, 0.4) is 0 Å². The van der Waals surface area contributed by atoms with Crippen LogP contribution in [0.25, 0.3) is 0 Å². The second-order valence-electron chi connectivity index (χ2n) is 3.18. The first-order chi connectivity index (χ1) is 7.30. The zero-order valence-corrected chi connectivity index (χ0v) is 9.23. The van der Waals surface area contributed by atoms with Gasteiger partial charge in [0.25, 0.3) is 0 Å². The van der Waals surface area contributed by atoms with Gasteiger partial charge in [0, 0.05) is 10.3 Å². The molecule has 0 bridgehead atoms. The standard InChI is InChI=1S/C10H10F3NOS/c1-7-2-4-8(5-3-7)16(15)6-9(14)10(11,12)13/h2-6H,14H2,1H3. The number of hydrogen-bond donors (Lipinski definition) is 1. The van der Waals surface area contributed by atoms with Gasteiger partial charge in [-0.25, -0.2) is 4.21 Å². The van der Waals surface area contributed by atoms with Crippen molar-refractivity contribution < 1.29 is 17.4 Å². The first kappa shape index (κ1) is 12.8. The van der Waals surface area contributed by atoms with Gasteiger partial charge in [0.2, 0.25) is 0 Å². The molecule has 0 saturated heterocycles. The first-order valence-corrected chi connectivity index (χ1v) is 5.54. The summed E-state index contributed by atoms with van der Waals surface area (Å²) in [5.41, 5.74) is 4.36. The van der Waals surface area contributed by atoms with E-state index in [1.165, 1.54) is 12.1 Å². The highest BCUT2D eigenvalue weighted by Gasteiger charge is 2.31. The van der Waals surface area contributed by atoms with Crippen LogP contribution in [0.4, 0.5) is 13.2 Å². The number of rotatable bonds is 2. The van der Waals surface area contributed by atoms with Crippen molar-refractivity contribution in [3.63, 3.8) is 0 Å². The molecule has 0 aliphatic rings. The SMILES string of the molecule is Cc1ccc(S(=O)C=C(N)C(F)(F)F)cc1. The largest absolute Gasteiger partial charge is 0.431 e. The number of alkyl halides is 3. The van der Waals surface area contributed by atoms with Crippen molar-refractivity contribution in [3.8, 4) is 0 Å². The van der Waals surface area contributed by atoms with Gasteiger partial charge >= 0.3 is 6.18 Å². The maximum atomic E-state index is 12.1. The van der Waals surface area contributed by atoms with E-state index in [1.54, 1.807) is 12.1 Å². The van der Waals surface area contributed by atoms with Gasteiger partial charge < -0.3 is 5.73 Å². The lowest BCUT2D eigenvalue weighted by Crippen LogP contribution is -2.19. The highest BCUT2D eigenvalue weighted by Crippen LogP contribution is 2.22. The molecule has 2 N–H and O–H groups in total. The van der Waals surface area contributed by atoms with Crippen LogP contribution in [0, 0.1) is 6.92 Å². The molecule has 2 nitrogen and oxygen atoms in total. The van der Waals surface area contributed by atoms with Crippen LogP contribution >= 0.6 is 0 Å². The fourth-order valence-electron chi connectivity index (χ4n) is 0.923. The van der Waals surface area contributed by atoms with Gasteiger partial charge in [-0.1, -0.05) is 17.7 Å². The predicted molar refractivity (Wildman–Crippen MR) is 55.9 cm³/mol. The van der Waals surface area contributed by atoms with Gasteiger partial charge in [-0.2, -0.15) is 13.2 Å². The van der Waals surface area contributed by atoms with Crippen molar-refractivity contribution in [1.29, 1.82) is 0 Å². The van der Waals surface area contributed by atoms with Gasteiger partial charge in [-0.3, -0.25) is 0 Å². The average molecular weight is 249 g/mol. The third kappa shape index (κ3) is 3.37. The number of benzene rings is 1. The van der Waals surface area contributed by atoms with Crippen molar-refractivity contribution in [2.45, 2.75) is 18.0 Å². The number of nitrogens with two attached hydrogens (primary N) is 1. The van der Waals surface area contributed by atoms with Crippen LogP contribution in [-0.2, 0) is 10.8 Å².